The van der Waals surface area contributed by atoms with Crippen molar-refractivity contribution in [1.82, 2.24) is 0 Å². The highest BCUT2D eigenvalue weighted by Crippen LogP contribution is 2.54. The maximum absolute atomic E-state index is 7.14. The van der Waals surface area contributed by atoms with Crippen molar-refractivity contribution >= 4 is 150 Å². The van der Waals surface area contributed by atoms with E-state index in [1.165, 1.54) is 0 Å². The van der Waals surface area contributed by atoms with Crippen molar-refractivity contribution in [3.8, 4) is 0 Å². The van der Waals surface area contributed by atoms with Crippen LogP contribution < -0.4 is 0 Å². The Hall–Kier alpha value is 4.70. The summed E-state index contributed by atoms with van der Waals surface area (Å²) in [6, 6.07) is 0. The maximum Gasteiger partial charge on any atom is 0.501 e. The molecule has 230 valence electrons. The first-order valence-corrected chi connectivity index (χ1v) is 43.7. The predicted molar refractivity (Wildman–Crippen MR) is 197 cm³/mol. The summed E-state index contributed by atoms with van der Waals surface area (Å²) in [4.78, 5) is 0. The van der Waals surface area contributed by atoms with E-state index in [-0.39, 0.29) is 32.5 Å². The molecule has 3 fully saturated rings. The van der Waals surface area contributed by atoms with Gasteiger partial charge in [0.2, 0.25) is 0 Å². The highest BCUT2D eigenvalue weighted by atomic mass is 31.4. The fourth-order valence-electron chi connectivity index (χ4n) is 3.96. The first-order chi connectivity index (χ1) is 18.5. The smallest absolute Gasteiger partial charge is 0.422 e. The molecule has 3 aliphatic rings. The molecular weight excluding hydrogens is 810 g/mol. The van der Waals surface area contributed by atoms with Gasteiger partial charge in [-0.1, -0.05) is 52.2 Å². The molecule has 0 amide bonds. The van der Waals surface area contributed by atoms with E-state index in [4.69, 9.17) is 49.4 Å². The Balaban J connectivity index is 2.40. The molecule has 4 bridgehead atoms. The lowest BCUT2D eigenvalue weighted by atomic mass is 11.9. The fourth-order valence-corrected chi connectivity index (χ4v) is 82.0. The van der Waals surface area contributed by atoms with Gasteiger partial charge in [-0.3, -0.25) is 0 Å². The molecule has 0 spiro atoms. The second-order valence-electron chi connectivity index (χ2n) is 8.10. The Labute approximate surface area is 261 Å². The van der Waals surface area contributed by atoms with Crippen molar-refractivity contribution in [2.75, 3.05) is 44.0 Å². The summed E-state index contributed by atoms with van der Waals surface area (Å²) in [5, 5.41) is 0. The minimum absolute atomic E-state index is 0.148. The van der Waals surface area contributed by atoms with E-state index in [9.17, 15) is 0 Å². The number of hydrogen-bond acceptors (Lipinski definition) is 12. The second-order valence-corrected chi connectivity index (χ2v) is 49.4. The first kappa shape index (κ1) is 38.1. The molecule has 0 aliphatic carbocycles. The van der Waals surface area contributed by atoms with Crippen LogP contribution in [0.1, 0.15) is 0 Å². The minimum atomic E-state index is -3.60. The molecule has 29 heteroatoms. The van der Waals surface area contributed by atoms with E-state index < -0.39 is 89.6 Å². The number of rotatable bonds is 13. The van der Waals surface area contributed by atoms with Crippen LogP contribution >= 0.6 is 60.2 Å². The lowest BCUT2D eigenvalue weighted by Crippen LogP contribution is -2.81. The third kappa shape index (κ3) is 8.41. The van der Waals surface area contributed by atoms with Crippen molar-refractivity contribution in [3.05, 3.63) is 0 Å². The molecule has 0 aromatic carbocycles. The zero-order valence-electron chi connectivity index (χ0n) is 23.4. The molecule has 11 atom stereocenters. The SMILES string of the molecule is C[SiH2]O[Si]1(CP)O[Si]2(CP)O[Si](CP)(O[SiH2]C)O[Si]3(PC)O[Si](O[SiH2]C)(PC)O[Si](PC)(O1)O[Si](PC)(O2)O3. The van der Waals surface area contributed by atoms with E-state index in [1.807, 2.05) is 20.0 Å². The monoisotopic (exact) mass is 852 g/mol. The summed E-state index contributed by atoms with van der Waals surface area (Å²) >= 11 is 0. The molecule has 0 N–H and O–H groups in total. The minimum Gasteiger partial charge on any atom is -0.422 e. The maximum atomic E-state index is 7.14. The standard InChI is InChI=1S/C10H43O12P7Si10/c1-26-36(13-32-7)19-37(27-2)16-33(8-23,11-30-5)14-35(10-25)15-34(9-24,12-31-6)17-38(20-36,28-3)22-39(18-35,21-37)29-4/h26-29H,8-10,23-25,30-32H2,1-7H3. The normalized spacial score (nSPS) is 46.9. The fraction of sp³-hybridized carbons (Fsp3) is 1.00. The summed E-state index contributed by atoms with van der Waals surface area (Å²) < 4.78 is 83.4. The van der Waals surface area contributed by atoms with Crippen LogP contribution in [0.15, 0.2) is 0 Å². The Morgan fingerprint density at radius 2 is 0.923 bits per heavy atom. The largest absolute Gasteiger partial charge is 0.501 e. The highest BCUT2D eigenvalue weighted by molar-refractivity contribution is 7.87. The van der Waals surface area contributed by atoms with Crippen molar-refractivity contribution in [1.29, 1.82) is 0 Å². The molecule has 3 rings (SSSR count). The van der Waals surface area contributed by atoms with E-state index in [0.29, 0.717) is 17.4 Å². The van der Waals surface area contributed by atoms with E-state index in [1.54, 1.807) is 0 Å². The van der Waals surface area contributed by atoms with E-state index >= 15 is 0 Å². The topological polar surface area (TPSA) is 111 Å². The van der Waals surface area contributed by atoms with Gasteiger partial charge in [0, 0.05) is 17.4 Å². The van der Waals surface area contributed by atoms with Gasteiger partial charge in [-0.25, -0.2) is 0 Å². The molecule has 11 unspecified atom stereocenters. The molecule has 0 aromatic heterocycles. The van der Waals surface area contributed by atoms with Gasteiger partial charge in [0.05, 0.1) is 0 Å². The summed E-state index contributed by atoms with van der Waals surface area (Å²) in [5.41, 5.74) is 0. The lowest BCUT2D eigenvalue weighted by molar-refractivity contribution is 0.0455. The zero-order chi connectivity index (χ0) is 29.1. The Morgan fingerprint density at radius 1 is 0.513 bits per heavy atom. The molecule has 0 radical (unpaired) electrons. The Morgan fingerprint density at radius 3 is 1.23 bits per heavy atom. The van der Waals surface area contributed by atoms with E-state index in [2.05, 4.69) is 54.0 Å². The van der Waals surface area contributed by atoms with Gasteiger partial charge in [0.15, 0.2) is 0 Å². The van der Waals surface area contributed by atoms with Gasteiger partial charge >= 0.3 is 60.3 Å². The van der Waals surface area contributed by atoms with Gasteiger partial charge in [0.25, 0.3) is 0 Å². The van der Waals surface area contributed by atoms with Gasteiger partial charge in [0.1, 0.15) is 29.3 Å². The predicted octanol–water partition coefficient (Wildman–Crippen LogP) is -0.343. The molecule has 3 heterocycles. The lowest BCUT2D eigenvalue weighted by Gasteiger charge is -2.57. The first-order valence-electron chi connectivity index (χ1n) is 12.6. The third-order valence-electron chi connectivity index (χ3n) is 5.60. The second kappa shape index (κ2) is 15.7. The average Bonchev–Trinajstić information content (AvgIpc) is 2.90. The van der Waals surface area contributed by atoms with E-state index in [0.717, 1.165) is 0 Å². The van der Waals surface area contributed by atoms with Gasteiger partial charge < -0.3 is 49.4 Å². The van der Waals surface area contributed by atoms with Crippen LogP contribution in [0.25, 0.3) is 0 Å². The van der Waals surface area contributed by atoms with Crippen LogP contribution in [0.3, 0.4) is 0 Å². The van der Waals surface area contributed by atoms with Crippen LogP contribution in [0.5, 0.6) is 0 Å². The van der Waals surface area contributed by atoms with Gasteiger partial charge in [-0.2, -0.15) is 0 Å². The van der Waals surface area contributed by atoms with Crippen LogP contribution in [0.2, 0.25) is 19.6 Å². The summed E-state index contributed by atoms with van der Waals surface area (Å²) in [6.07, 6.45) is 0. The molecule has 12 nitrogen and oxygen atoms in total. The quantitative estimate of drug-likeness (QED) is 0.179. The summed E-state index contributed by atoms with van der Waals surface area (Å²) in [7, 11) is -18.3. The Bertz CT molecular complexity index is 715. The van der Waals surface area contributed by atoms with Gasteiger partial charge in [-0.05, 0) is 26.7 Å². The zero-order valence-corrected chi connectivity index (χ0v) is 42.1. The number of fused-ring (bicyclic) bond motifs is 3. The molecule has 0 saturated carbocycles. The molecule has 3 saturated heterocycles. The van der Waals surface area contributed by atoms with Crippen LogP contribution in [-0.4, -0.2) is 134 Å². The average molecular weight is 853 g/mol. The van der Waals surface area contributed by atoms with Crippen molar-refractivity contribution < 1.29 is 49.4 Å². The Kier molecular flexibility index (Phi) is 15.4. The summed E-state index contributed by atoms with van der Waals surface area (Å²) in [5.74, 6) is 1.27. The van der Waals surface area contributed by atoms with Crippen molar-refractivity contribution in [2.45, 2.75) is 19.6 Å². The van der Waals surface area contributed by atoms with Crippen LogP contribution in [0.4, 0.5) is 0 Å². The van der Waals surface area contributed by atoms with Gasteiger partial charge in [-0.15, -0.1) is 27.7 Å². The molecule has 0 aromatic rings. The summed E-state index contributed by atoms with van der Waals surface area (Å²) in [6.45, 7) is 14.4. The number of hydrogen-bond donors (Lipinski definition) is 0. The highest BCUT2D eigenvalue weighted by Gasteiger charge is 2.76. The van der Waals surface area contributed by atoms with Crippen LogP contribution in [-0.2, 0) is 49.4 Å². The molecule has 3 aliphatic heterocycles. The van der Waals surface area contributed by atoms with Crippen molar-refractivity contribution in [3.63, 3.8) is 0 Å². The third-order valence-corrected chi connectivity index (χ3v) is 61.8. The molecular formula is C10H43O12P7Si10. The van der Waals surface area contributed by atoms with Crippen LogP contribution in [0, 0.1) is 0 Å². The van der Waals surface area contributed by atoms with Crippen molar-refractivity contribution in [2.24, 2.45) is 0 Å². The molecule has 39 heavy (non-hydrogen) atoms.